The zero-order valence-electron chi connectivity index (χ0n) is 10.3. The summed E-state index contributed by atoms with van der Waals surface area (Å²) in [5.41, 5.74) is 0.557. The number of nitrogens with one attached hydrogen (secondary N) is 1. The van der Waals surface area contributed by atoms with Crippen LogP contribution in [0.2, 0.25) is 5.02 Å². The standard InChI is InChI=1S/C12H11Cl2N3OS2/c13-5-6-19-12-16-10(17-20-12)7-15-11(18)8-1-3-9(14)4-2-8/h1-4H,5-7H2,(H,15,18). The molecule has 1 aromatic heterocycles. The number of rotatable bonds is 6. The highest BCUT2D eigenvalue weighted by Gasteiger charge is 2.08. The maximum absolute atomic E-state index is 11.9. The molecule has 0 radical (unpaired) electrons. The predicted octanol–water partition coefficient (Wildman–Crippen LogP) is 3.45. The normalized spacial score (nSPS) is 10.5. The molecule has 1 amide bonds. The minimum atomic E-state index is -0.175. The fourth-order valence-electron chi connectivity index (χ4n) is 1.36. The Morgan fingerprint density at radius 3 is 2.80 bits per heavy atom. The topological polar surface area (TPSA) is 54.9 Å². The molecule has 1 N–H and O–H groups in total. The second-order valence-corrected chi connectivity index (χ2v) is 6.61. The van der Waals surface area contributed by atoms with E-state index in [1.807, 2.05) is 0 Å². The van der Waals surface area contributed by atoms with Crippen LogP contribution >= 0.6 is 46.5 Å². The Morgan fingerprint density at radius 1 is 1.35 bits per heavy atom. The van der Waals surface area contributed by atoms with Crippen molar-refractivity contribution in [2.24, 2.45) is 0 Å². The Balaban J connectivity index is 1.86. The summed E-state index contributed by atoms with van der Waals surface area (Å²) in [7, 11) is 0. The van der Waals surface area contributed by atoms with Crippen LogP contribution in [0.3, 0.4) is 0 Å². The van der Waals surface area contributed by atoms with E-state index >= 15 is 0 Å². The highest BCUT2D eigenvalue weighted by molar-refractivity contribution is 8.01. The van der Waals surface area contributed by atoms with Gasteiger partial charge in [-0.25, -0.2) is 4.98 Å². The van der Waals surface area contributed by atoms with E-state index in [-0.39, 0.29) is 5.91 Å². The van der Waals surface area contributed by atoms with Crippen molar-refractivity contribution in [1.82, 2.24) is 14.7 Å². The maximum Gasteiger partial charge on any atom is 0.251 e. The summed E-state index contributed by atoms with van der Waals surface area (Å²) >= 11 is 14.3. The lowest BCUT2D eigenvalue weighted by atomic mass is 10.2. The number of carbonyl (C=O) groups is 1. The Kier molecular flexibility index (Phi) is 6.09. The summed E-state index contributed by atoms with van der Waals surface area (Å²) < 4.78 is 5.04. The van der Waals surface area contributed by atoms with Crippen molar-refractivity contribution in [1.29, 1.82) is 0 Å². The van der Waals surface area contributed by atoms with Crippen molar-refractivity contribution in [3.05, 3.63) is 40.7 Å². The first-order valence-electron chi connectivity index (χ1n) is 5.74. The van der Waals surface area contributed by atoms with Crippen LogP contribution in [0, 0.1) is 0 Å². The molecule has 0 bridgehead atoms. The molecule has 0 unspecified atom stereocenters. The molecule has 1 aromatic carbocycles. The molecule has 1 heterocycles. The van der Waals surface area contributed by atoms with E-state index in [0.717, 1.165) is 10.1 Å². The van der Waals surface area contributed by atoms with Crippen molar-refractivity contribution >= 4 is 52.4 Å². The Labute approximate surface area is 135 Å². The van der Waals surface area contributed by atoms with Crippen LogP contribution in [0.15, 0.2) is 28.6 Å². The lowest BCUT2D eigenvalue weighted by Gasteiger charge is -2.02. The number of aromatic nitrogens is 2. The molecule has 4 nitrogen and oxygen atoms in total. The maximum atomic E-state index is 11.9. The molecule has 0 fully saturated rings. The zero-order valence-corrected chi connectivity index (χ0v) is 13.5. The zero-order chi connectivity index (χ0) is 14.4. The number of nitrogens with zero attached hydrogens (tertiary/aromatic N) is 2. The van der Waals surface area contributed by atoms with Crippen LogP contribution < -0.4 is 5.32 Å². The lowest BCUT2D eigenvalue weighted by molar-refractivity contribution is 0.0950. The van der Waals surface area contributed by atoms with Gasteiger partial charge in [-0.1, -0.05) is 23.4 Å². The number of hydrogen-bond donors (Lipinski definition) is 1. The SMILES string of the molecule is O=C(NCc1nsc(SCCCl)n1)c1ccc(Cl)cc1. The van der Waals surface area contributed by atoms with Crippen molar-refractivity contribution in [3.8, 4) is 0 Å². The first kappa shape index (κ1) is 15.6. The van der Waals surface area contributed by atoms with Crippen LogP contribution in [0.5, 0.6) is 0 Å². The highest BCUT2D eigenvalue weighted by Crippen LogP contribution is 2.20. The molecule has 0 aliphatic heterocycles. The molecule has 2 rings (SSSR count). The van der Waals surface area contributed by atoms with Gasteiger partial charge in [0.1, 0.15) is 0 Å². The second kappa shape index (κ2) is 7.83. The predicted molar refractivity (Wildman–Crippen MR) is 84.0 cm³/mol. The van der Waals surface area contributed by atoms with E-state index in [0.29, 0.717) is 28.8 Å². The fourth-order valence-corrected chi connectivity index (χ4v) is 3.14. The van der Waals surface area contributed by atoms with Crippen molar-refractivity contribution in [2.75, 3.05) is 11.6 Å². The summed E-state index contributed by atoms with van der Waals surface area (Å²) in [5, 5.41) is 3.37. The molecule has 0 aliphatic rings. The van der Waals surface area contributed by atoms with Gasteiger partial charge in [0.15, 0.2) is 10.2 Å². The van der Waals surface area contributed by atoms with E-state index in [1.165, 1.54) is 11.5 Å². The van der Waals surface area contributed by atoms with Crippen LogP contribution in [-0.4, -0.2) is 26.9 Å². The van der Waals surface area contributed by atoms with Gasteiger partial charge >= 0.3 is 0 Å². The van der Waals surface area contributed by atoms with Crippen LogP contribution in [0.1, 0.15) is 16.2 Å². The molecule has 20 heavy (non-hydrogen) atoms. The van der Waals surface area contributed by atoms with Gasteiger partial charge in [-0.3, -0.25) is 4.79 Å². The van der Waals surface area contributed by atoms with Crippen LogP contribution in [0.25, 0.3) is 0 Å². The van der Waals surface area contributed by atoms with E-state index in [2.05, 4.69) is 14.7 Å². The third-order valence-corrected chi connectivity index (χ3v) is 4.80. The van der Waals surface area contributed by atoms with E-state index in [4.69, 9.17) is 23.2 Å². The highest BCUT2D eigenvalue weighted by atomic mass is 35.5. The van der Waals surface area contributed by atoms with Crippen molar-refractivity contribution in [3.63, 3.8) is 0 Å². The molecule has 0 aliphatic carbocycles. The summed E-state index contributed by atoms with van der Waals surface area (Å²) in [4.78, 5) is 16.2. The van der Waals surface area contributed by atoms with Gasteiger partial charge in [-0.2, -0.15) is 4.37 Å². The molecular formula is C12H11Cl2N3OS2. The van der Waals surface area contributed by atoms with Crippen LogP contribution in [0.4, 0.5) is 0 Å². The number of benzene rings is 1. The number of hydrogen-bond acceptors (Lipinski definition) is 5. The van der Waals surface area contributed by atoms with Gasteiger partial charge in [0, 0.05) is 22.2 Å². The number of halogens is 2. The van der Waals surface area contributed by atoms with Crippen molar-refractivity contribution < 1.29 is 4.79 Å². The Hall–Kier alpha value is -0.820. The minimum absolute atomic E-state index is 0.175. The molecule has 0 saturated heterocycles. The largest absolute Gasteiger partial charge is 0.345 e. The molecule has 8 heteroatoms. The second-order valence-electron chi connectivity index (χ2n) is 3.70. The van der Waals surface area contributed by atoms with E-state index in [9.17, 15) is 4.79 Å². The van der Waals surface area contributed by atoms with Gasteiger partial charge in [-0.15, -0.1) is 11.6 Å². The average Bonchev–Trinajstić information content (AvgIpc) is 2.91. The van der Waals surface area contributed by atoms with E-state index in [1.54, 1.807) is 36.0 Å². The first-order valence-corrected chi connectivity index (χ1v) is 8.41. The third kappa shape index (κ3) is 4.63. The molecule has 2 aromatic rings. The summed E-state index contributed by atoms with van der Waals surface area (Å²) in [6.45, 7) is 0.305. The van der Waals surface area contributed by atoms with Gasteiger partial charge in [0.2, 0.25) is 0 Å². The quantitative estimate of drug-likeness (QED) is 0.642. The fraction of sp³-hybridized carbons (Fsp3) is 0.250. The summed E-state index contributed by atoms with van der Waals surface area (Å²) in [6, 6.07) is 6.71. The van der Waals surface area contributed by atoms with Crippen molar-refractivity contribution in [2.45, 2.75) is 10.9 Å². The average molecular weight is 348 g/mol. The van der Waals surface area contributed by atoms with E-state index < -0.39 is 0 Å². The molecule has 0 spiro atoms. The number of alkyl halides is 1. The molecule has 106 valence electrons. The molecule has 0 atom stereocenters. The first-order chi connectivity index (χ1) is 9.69. The Bertz CT molecular complexity index is 574. The third-order valence-electron chi connectivity index (χ3n) is 2.27. The smallest absolute Gasteiger partial charge is 0.251 e. The Morgan fingerprint density at radius 2 is 2.10 bits per heavy atom. The van der Waals surface area contributed by atoms with Crippen LogP contribution in [-0.2, 0) is 6.54 Å². The van der Waals surface area contributed by atoms with Gasteiger partial charge in [0.05, 0.1) is 6.54 Å². The van der Waals surface area contributed by atoms with Gasteiger partial charge < -0.3 is 5.32 Å². The van der Waals surface area contributed by atoms with Gasteiger partial charge in [-0.05, 0) is 35.8 Å². The molecular weight excluding hydrogens is 337 g/mol. The number of amides is 1. The lowest BCUT2D eigenvalue weighted by Crippen LogP contribution is -2.23. The summed E-state index contributed by atoms with van der Waals surface area (Å²) in [6.07, 6.45) is 0. The number of thioether (sulfide) groups is 1. The monoisotopic (exact) mass is 347 g/mol. The van der Waals surface area contributed by atoms with Gasteiger partial charge in [0.25, 0.3) is 5.91 Å². The summed E-state index contributed by atoms with van der Waals surface area (Å²) in [5.74, 6) is 1.81. The molecule has 0 saturated carbocycles. The minimum Gasteiger partial charge on any atom is -0.345 e. The number of carbonyl (C=O) groups excluding carboxylic acids is 1.